The zero-order valence-electron chi connectivity index (χ0n) is 23.6. The van der Waals surface area contributed by atoms with E-state index in [4.69, 9.17) is 14.4 Å². The monoisotopic (exact) mass is 580 g/mol. The van der Waals surface area contributed by atoms with Crippen LogP contribution in [0.2, 0.25) is 0 Å². The van der Waals surface area contributed by atoms with Gasteiger partial charge < -0.3 is 4.42 Å². The van der Waals surface area contributed by atoms with Crippen LogP contribution in [-0.2, 0) is 0 Å². The fraction of sp³-hybridized carbons (Fsp3) is 0. The molecule has 0 saturated carbocycles. The first-order valence-electron chi connectivity index (χ1n) is 14.7. The Morgan fingerprint density at radius 1 is 0.432 bits per heavy atom. The highest BCUT2D eigenvalue weighted by molar-refractivity contribution is 7.25. The van der Waals surface area contributed by atoms with Gasteiger partial charge in [0.15, 0.2) is 5.82 Å². The summed E-state index contributed by atoms with van der Waals surface area (Å²) in [4.78, 5) is 10.0. The van der Waals surface area contributed by atoms with Crippen LogP contribution in [0.15, 0.2) is 150 Å². The summed E-state index contributed by atoms with van der Waals surface area (Å²) in [5.74, 6) is 0.726. The first-order chi connectivity index (χ1) is 21.8. The zero-order valence-corrected chi connectivity index (χ0v) is 24.4. The van der Waals surface area contributed by atoms with Crippen molar-refractivity contribution in [1.29, 1.82) is 0 Å². The van der Waals surface area contributed by atoms with E-state index in [1.54, 1.807) is 0 Å². The fourth-order valence-electron chi connectivity index (χ4n) is 6.19. The molecule has 44 heavy (non-hydrogen) atoms. The molecule has 6 aromatic carbocycles. The highest BCUT2D eigenvalue weighted by atomic mass is 32.1. The van der Waals surface area contributed by atoms with Gasteiger partial charge in [-0.2, -0.15) is 0 Å². The second-order valence-corrected chi connectivity index (χ2v) is 12.1. The first-order valence-corrected chi connectivity index (χ1v) is 15.5. The Hall–Kier alpha value is -5.58. The maximum atomic E-state index is 6.17. The predicted molar refractivity (Wildman–Crippen MR) is 184 cm³/mol. The molecule has 0 spiro atoms. The smallest absolute Gasteiger partial charge is 0.160 e. The molecule has 0 unspecified atom stereocenters. The van der Waals surface area contributed by atoms with Gasteiger partial charge in [-0.25, -0.2) is 9.97 Å². The van der Waals surface area contributed by atoms with E-state index in [1.165, 1.54) is 31.3 Å². The van der Waals surface area contributed by atoms with Crippen LogP contribution in [0.25, 0.3) is 87.1 Å². The molecule has 4 heteroatoms. The molecule has 0 amide bonds. The third kappa shape index (κ3) is 4.11. The molecule has 0 N–H and O–H groups in total. The second kappa shape index (κ2) is 10.0. The van der Waals surface area contributed by atoms with Crippen LogP contribution >= 0.6 is 11.3 Å². The zero-order chi connectivity index (χ0) is 29.0. The van der Waals surface area contributed by atoms with Crippen LogP contribution in [0.3, 0.4) is 0 Å². The van der Waals surface area contributed by atoms with E-state index >= 15 is 0 Å². The Morgan fingerprint density at radius 2 is 1.05 bits per heavy atom. The lowest BCUT2D eigenvalue weighted by Crippen LogP contribution is -1.95. The maximum absolute atomic E-state index is 6.17. The van der Waals surface area contributed by atoms with Crippen LogP contribution in [0, 0.1) is 0 Å². The van der Waals surface area contributed by atoms with E-state index in [2.05, 4.69) is 97.1 Å². The van der Waals surface area contributed by atoms with Crippen molar-refractivity contribution in [3.05, 3.63) is 146 Å². The number of hydrogen-bond donors (Lipinski definition) is 0. The number of para-hydroxylation sites is 1. The molecule has 9 aromatic rings. The standard InChI is InChI=1S/C40H24N2OS/c1-3-10-25(11-4-1)33-24-34(42-40(41-33)26-12-5-2-6-13-26)28-19-21-31-30-20-18-27(22-37(30)44-38(31)23-28)29-15-9-17-36-39(29)32-14-7-8-16-35(32)43-36/h1-24H. The van der Waals surface area contributed by atoms with Crippen LogP contribution in [0.5, 0.6) is 0 Å². The second-order valence-electron chi connectivity index (χ2n) is 11.0. The van der Waals surface area contributed by atoms with Crippen LogP contribution in [-0.4, -0.2) is 9.97 Å². The van der Waals surface area contributed by atoms with Gasteiger partial charge in [-0.1, -0.05) is 115 Å². The molecule has 9 rings (SSSR count). The molecule has 0 radical (unpaired) electrons. The Labute approximate surface area is 257 Å². The summed E-state index contributed by atoms with van der Waals surface area (Å²) in [6, 6.07) is 50.7. The largest absolute Gasteiger partial charge is 0.456 e. The number of furan rings is 1. The molecule has 3 aromatic heterocycles. The van der Waals surface area contributed by atoms with E-state index in [-0.39, 0.29) is 0 Å². The molecule has 0 bridgehead atoms. The number of hydrogen-bond acceptors (Lipinski definition) is 4. The summed E-state index contributed by atoms with van der Waals surface area (Å²) >= 11 is 1.82. The van der Waals surface area contributed by atoms with Crippen molar-refractivity contribution in [1.82, 2.24) is 9.97 Å². The molecular weight excluding hydrogens is 557 g/mol. The molecule has 0 aliphatic heterocycles. The van der Waals surface area contributed by atoms with E-state index in [0.29, 0.717) is 0 Å². The van der Waals surface area contributed by atoms with Crippen LogP contribution in [0.1, 0.15) is 0 Å². The number of aromatic nitrogens is 2. The molecule has 0 saturated heterocycles. The molecular formula is C40H24N2OS. The van der Waals surface area contributed by atoms with Crippen molar-refractivity contribution in [3.63, 3.8) is 0 Å². The lowest BCUT2D eigenvalue weighted by molar-refractivity contribution is 0.669. The molecule has 206 valence electrons. The van der Waals surface area contributed by atoms with Gasteiger partial charge in [0.2, 0.25) is 0 Å². The minimum atomic E-state index is 0.726. The van der Waals surface area contributed by atoms with Gasteiger partial charge in [0, 0.05) is 47.6 Å². The summed E-state index contributed by atoms with van der Waals surface area (Å²) in [6.45, 7) is 0. The minimum Gasteiger partial charge on any atom is -0.456 e. The topological polar surface area (TPSA) is 38.9 Å². The fourth-order valence-corrected chi connectivity index (χ4v) is 7.37. The van der Waals surface area contributed by atoms with Crippen molar-refractivity contribution < 1.29 is 4.42 Å². The van der Waals surface area contributed by atoms with Gasteiger partial charge >= 0.3 is 0 Å². The van der Waals surface area contributed by atoms with Gasteiger partial charge in [0.05, 0.1) is 11.4 Å². The first kappa shape index (κ1) is 25.0. The van der Waals surface area contributed by atoms with Gasteiger partial charge in [-0.05, 0) is 41.5 Å². The molecule has 0 aliphatic rings. The van der Waals surface area contributed by atoms with Gasteiger partial charge in [-0.15, -0.1) is 11.3 Å². The van der Waals surface area contributed by atoms with E-state index in [0.717, 1.165) is 55.8 Å². The Balaban J connectivity index is 1.18. The van der Waals surface area contributed by atoms with E-state index in [1.807, 2.05) is 59.9 Å². The molecule has 3 nitrogen and oxygen atoms in total. The average molecular weight is 581 g/mol. The Morgan fingerprint density at radius 3 is 1.82 bits per heavy atom. The maximum Gasteiger partial charge on any atom is 0.160 e. The SMILES string of the molecule is c1ccc(-c2cc(-c3ccc4c(c3)sc3cc(-c5cccc6oc7ccccc7c56)ccc34)nc(-c3ccccc3)n2)cc1. The van der Waals surface area contributed by atoms with Crippen LogP contribution in [0.4, 0.5) is 0 Å². The molecule has 0 fully saturated rings. The normalized spacial score (nSPS) is 11.6. The van der Waals surface area contributed by atoms with Crippen molar-refractivity contribution in [2.24, 2.45) is 0 Å². The summed E-state index contributed by atoms with van der Waals surface area (Å²) in [7, 11) is 0. The lowest BCUT2D eigenvalue weighted by Gasteiger charge is -2.09. The van der Waals surface area contributed by atoms with Gasteiger partial charge in [0.1, 0.15) is 11.2 Å². The average Bonchev–Trinajstić information content (AvgIpc) is 3.66. The van der Waals surface area contributed by atoms with Crippen molar-refractivity contribution in [2.75, 3.05) is 0 Å². The number of rotatable bonds is 4. The highest BCUT2D eigenvalue weighted by Gasteiger charge is 2.15. The third-order valence-electron chi connectivity index (χ3n) is 8.31. The van der Waals surface area contributed by atoms with Crippen LogP contribution < -0.4 is 0 Å². The number of nitrogens with zero attached hydrogens (tertiary/aromatic N) is 2. The summed E-state index contributed by atoms with van der Waals surface area (Å²) < 4.78 is 8.67. The molecule has 0 atom stereocenters. The number of benzene rings is 6. The Bertz CT molecular complexity index is 2440. The van der Waals surface area contributed by atoms with Gasteiger partial charge in [-0.3, -0.25) is 0 Å². The molecule has 0 aliphatic carbocycles. The summed E-state index contributed by atoms with van der Waals surface area (Å²) in [6.07, 6.45) is 0. The predicted octanol–water partition coefficient (Wildman–Crippen LogP) is 11.4. The lowest BCUT2D eigenvalue weighted by atomic mass is 9.98. The van der Waals surface area contributed by atoms with Crippen molar-refractivity contribution in [2.45, 2.75) is 0 Å². The summed E-state index contributed by atoms with van der Waals surface area (Å²) in [5.41, 5.74) is 9.20. The number of fused-ring (bicyclic) bond motifs is 6. The number of thiophene rings is 1. The quantitative estimate of drug-likeness (QED) is 0.208. The van der Waals surface area contributed by atoms with E-state index < -0.39 is 0 Å². The highest BCUT2D eigenvalue weighted by Crippen LogP contribution is 2.41. The van der Waals surface area contributed by atoms with Crippen molar-refractivity contribution in [3.8, 4) is 45.0 Å². The van der Waals surface area contributed by atoms with E-state index in [9.17, 15) is 0 Å². The van der Waals surface area contributed by atoms with Crippen molar-refractivity contribution >= 4 is 53.4 Å². The Kier molecular flexibility index (Phi) is 5.68. The van der Waals surface area contributed by atoms with Gasteiger partial charge in [0.25, 0.3) is 0 Å². The minimum absolute atomic E-state index is 0.726. The summed E-state index contributed by atoms with van der Waals surface area (Å²) in [5, 5.41) is 4.84. The molecule has 3 heterocycles. The third-order valence-corrected chi connectivity index (χ3v) is 9.43.